The lowest BCUT2D eigenvalue weighted by atomic mass is 9.98. The normalized spacial score (nSPS) is 12.0. The van der Waals surface area contributed by atoms with Gasteiger partial charge in [0.25, 0.3) is 0 Å². The first-order chi connectivity index (χ1) is 16.5. The predicted octanol–water partition coefficient (Wildman–Crippen LogP) is 6.36. The summed E-state index contributed by atoms with van der Waals surface area (Å²) < 4.78 is 38.9. The smallest absolute Gasteiger partial charge is 0.214 e. The van der Waals surface area contributed by atoms with Crippen molar-refractivity contribution < 1.29 is 13.3 Å². The Hall–Kier alpha value is -3.40. The van der Waals surface area contributed by atoms with E-state index in [4.69, 9.17) is 16.3 Å². The summed E-state index contributed by atoms with van der Waals surface area (Å²) in [5, 5.41) is 2.61. The van der Waals surface area contributed by atoms with Crippen LogP contribution in [0.1, 0.15) is 0 Å². The Morgan fingerprint density at radius 3 is 2.71 bits per heavy atom. The third-order valence-electron chi connectivity index (χ3n) is 5.17. The molecular formula is C24H16ClFN4O2S2. The molecule has 5 rings (SSSR count). The molecule has 1 unspecified atom stereocenters. The van der Waals surface area contributed by atoms with Crippen molar-refractivity contribution in [3.05, 3.63) is 84.0 Å². The molecule has 2 aromatic heterocycles. The number of methoxy groups -OCH3 is 1. The summed E-state index contributed by atoms with van der Waals surface area (Å²) in [6.45, 7) is 0. The highest BCUT2D eigenvalue weighted by molar-refractivity contribution is 7.86. The van der Waals surface area contributed by atoms with Crippen LogP contribution in [-0.4, -0.2) is 25.7 Å². The van der Waals surface area contributed by atoms with Gasteiger partial charge in [0, 0.05) is 39.3 Å². The fourth-order valence-electron chi connectivity index (χ4n) is 3.63. The summed E-state index contributed by atoms with van der Waals surface area (Å²) in [6.07, 6.45) is 3.08. The maximum absolute atomic E-state index is 13.8. The molecule has 0 aliphatic carbocycles. The Balaban J connectivity index is 1.57. The predicted molar refractivity (Wildman–Crippen MR) is 134 cm³/mol. The van der Waals surface area contributed by atoms with Crippen molar-refractivity contribution in [2.75, 3.05) is 11.8 Å². The number of hydrogen-bond donors (Lipinski definition) is 1. The molecule has 5 aromatic rings. The van der Waals surface area contributed by atoms with Crippen LogP contribution in [-0.2, 0) is 11.0 Å². The molecule has 0 fully saturated rings. The maximum Gasteiger partial charge on any atom is 0.214 e. The Morgan fingerprint density at radius 1 is 1.06 bits per heavy atom. The van der Waals surface area contributed by atoms with Gasteiger partial charge in [-0.1, -0.05) is 29.8 Å². The molecule has 0 amide bonds. The van der Waals surface area contributed by atoms with Crippen LogP contribution in [0.5, 0.6) is 5.75 Å². The van der Waals surface area contributed by atoms with Gasteiger partial charge in [-0.25, -0.2) is 13.6 Å². The minimum atomic E-state index is -1.49. The van der Waals surface area contributed by atoms with Gasteiger partial charge in [0.1, 0.15) is 17.9 Å². The van der Waals surface area contributed by atoms with Gasteiger partial charge < -0.3 is 4.74 Å². The van der Waals surface area contributed by atoms with E-state index in [1.165, 1.54) is 18.5 Å². The fraction of sp³-hybridized carbons (Fsp3) is 0.0417. The molecular weight excluding hydrogens is 495 g/mol. The van der Waals surface area contributed by atoms with Crippen LogP contribution >= 0.6 is 23.1 Å². The molecule has 1 N–H and O–H groups in total. The molecule has 34 heavy (non-hydrogen) atoms. The number of pyridine rings is 1. The quantitative estimate of drug-likeness (QED) is 0.288. The van der Waals surface area contributed by atoms with Gasteiger partial charge >= 0.3 is 0 Å². The lowest BCUT2D eigenvalue weighted by Crippen LogP contribution is -2.04. The first-order valence-corrected chi connectivity index (χ1v) is 12.3. The average Bonchev–Trinajstić information content (AvgIpc) is 3.36. The summed E-state index contributed by atoms with van der Waals surface area (Å²) >= 11 is 7.75. The van der Waals surface area contributed by atoms with Gasteiger partial charge in [0.15, 0.2) is 11.0 Å². The van der Waals surface area contributed by atoms with Crippen molar-refractivity contribution in [1.29, 1.82) is 0 Å². The second-order valence-corrected chi connectivity index (χ2v) is 9.60. The van der Waals surface area contributed by atoms with Crippen molar-refractivity contribution in [3.63, 3.8) is 0 Å². The van der Waals surface area contributed by atoms with Gasteiger partial charge in [-0.2, -0.15) is 4.37 Å². The molecule has 2 heterocycles. The average molecular weight is 511 g/mol. The van der Waals surface area contributed by atoms with E-state index in [0.29, 0.717) is 43.2 Å². The largest absolute Gasteiger partial charge is 0.496 e. The first-order valence-electron chi connectivity index (χ1n) is 10.0. The minimum absolute atomic E-state index is 0.346. The standard InChI is InChI=1S/C24H16ClFN4O2S2/c1-32-22-12-19(14-3-2-4-16(26)9-14)21(25)11-20(22)23-18-6-5-17(10-15(18)7-8-27-23)34(31)30-24-28-13-29-33-24/h2-13H,1H3,(H,28,29,30). The van der Waals surface area contributed by atoms with Crippen LogP contribution in [0.4, 0.5) is 9.52 Å². The number of benzene rings is 3. The number of nitrogens with one attached hydrogen (secondary N) is 1. The Labute approximate surface area is 206 Å². The molecule has 0 saturated heterocycles. The lowest BCUT2D eigenvalue weighted by Gasteiger charge is -2.15. The van der Waals surface area contributed by atoms with Gasteiger partial charge in [-0.3, -0.25) is 9.71 Å². The van der Waals surface area contributed by atoms with E-state index >= 15 is 0 Å². The number of anilines is 1. The Morgan fingerprint density at radius 2 is 1.94 bits per heavy atom. The van der Waals surface area contributed by atoms with Crippen LogP contribution in [0.3, 0.4) is 0 Å². The van der Waals surface area contributed by atoms with Crippen LogP contribution in [0.25, 0.3) is 33.2 Å². The lowest BCUT2D eigenvalue weighted by molar-refractivity contribution is 0.416. The van der Waals surface area contributed by atoms with Crippen LogP contribution < -0.4 is 9.46 Å². The van der Waals surface area contributed by atoms with Crippen molar-refractivity contribution in [2.24, 2.45) is 0 Å². The highest BCUT2D eigenvalue weighted by Gasteiger charge is 2.17. The molecule has 6 nitrogen and oxygen atoms in total. The summed E-state index contributed by atoms with van der Waals surface area (Å²) in [5.74, 6) is 0.204. The first kappa shape index (κ1) is 22.4. The fourth-order valence-corrected chi connectivity index (χ4v) is 5.32. The van der Waals surface area contributed by atoms with Gasteiger partial charge in [-0.05, 0) is 53.4 Å². The van der Waals surface area contributed by atoms with E-state index in [2.05, 4.69) is 19.1 Å². The number of fused-ring (bicyclic) bond motifs is 1. The highest BCUT2D eigenvalue weighted by Crippen LogP contribution is 2.41. The van der Waals surface area contributed by atoms with Crippen LogP contribution in [0.15, 0.2) is 78.1 Å². The van der Waals surface area contributed by atoms with E-state index in [-0.39, 0.29) is 5.82 Å². The van der Waals surface area contributed by atoms with E-state index in [9.17, 15) is 8.60 Å². The number of ether oxygens (including phenoxy) is 1. The zero-order valence-corrected chi connectivity index (χ0v) is 20.0. The number of rotatable bonds is 6. The Bertz CT molecular complexity index is 1530. The summed E-state index contributed by atoms with van der Waals surface area (Å²) in [7, 11) is 0.0683. The molecule has 0 bridgehead atoms. The van der Waals surface area contributed by atoms with E-state index in [1.54, 1.807) is 43.6 Å². The number of nitrogens with zero attached hydrogens (tertiary/aromatic N) is 3. The molecule has 1 atom stereocenters. The van der Waals surface area contributed by atoms with Crippen LogP contribution in [0, 0.1) is 5.82 Å². The summed E-state index contributed by atoms with van der Waals surface area (Å²) in [4.78, 5) is 9.17. The molecule has 0 saturated carbocycles. The molecule has 0 radical (unpaired) electrons. The molecule has 3 aromatic carbocycles. The number of aromatic nitrogens is 3. The van der Waals surface area contributed by atoms with E-state index < -0.39 is 11.0 Å². The second kappa shape index (κ2) is 9.46. The monoisotopic (exact) mass is 510 g/mol. The Kier molecular flexibility index (Phi) is 6.23. The molecule has 10 heteroatoms. The van der Waals surface area contributed by atoms with Gasteiger partial charge in [0.2, 0.25) is 5.13 Å². The van der Waals surface area contributed by atoms with E-state index in [0.717, 1.165) is 22.3 Å². The molecule has 0 spiro atoms. The highest BCUT2D eigenvalue weighted by atomic mass is 35.5. The van der Waals surface area contributed by atoms with Crippen molar-refractivity contribution in [3.8, 4) is 28.1 Å². The molecule has 0 aliphatic heterocycles. The molecule has 170 valence electrons. The van der Waals surface area contributed by atoms with E-state index in [1.807, 2.05) is 18.2 Å². The SMILES string of the molecule is COc1cc(-c2cccc(F)c2)c(Cl)cc1-c1nccc2cc(S(=O)Nc3ncns3)ccc12. The summed E-state index contributed by atoms with van der Waals surface area (Å²) in [6, 6.07) is 17.1. The third-order valence-corrected chi connectivity index (χ3v) is 7.25. The zero-order chi connectivity index (χ0) is 23.7. The maximum atomic E-state index is 13.8. The molecule has 0 aliphatic rings. The van der Waals surface area contributed by atoms with Crippen molar-refractivity contribution in [2.45, 2.75) is 4.90 Å². The summed E-state index contributed by atoms with van der Waals surface area (Å²) in [5.41, 5.74) is 2.66. The minimum Gasteiger partial charge on any atom is -0.496 e. The van der Waals surface area contributed by atoms with Crippen LogP contribution in [0.2, 0.25) is 5.02 Å². The van der Waals surface area contributed by atoms with Gasteiger partial charge in [-0.15, -0.1) is 0 Å². The second-order valence-electron chi connectivity index (χ2n) is 7.20. The zero-order valence-electron chi connectivity index (χ0n) is 17.7. The number of halogens is 2. The van der Waals surface area contributed by atoms with Gasteiger partial charge in [0.05, 0.1) is 17.7 Å². The topological polar surface area (TPSA) is 77.0 Å². The third kappa shape index (κ3) is 4.37. The van der Waals surface area contributed by atoms with Crippen molar-refractivity contribution in [1.82, 2.24) is 14.3 Å². The van der Waals surface area contributed by atoms with Crippen molar-refractivity contribution >= 4 is 50.0 Å². The number of hydrogen-bond acceptors (Lipinski definition) is 6.